The summed E-state index contributed by atoms with van der Waals surface area (Å²) in [5.74, 6) is -1.48. The molecule has 5 nitrogen and oxygen atoms in total. The third-order valence-corrected chi connectivity index (χ3v) is 5.30. The molecule has 148 valence electrons. The number of hydrogen-bond donors (Lipinski definition) is 1. The van der Waals surface area contributed by atoms with Crippen LogP contribution in [0.3, 0.4) is 0 Å². The molecule has 10 heteroatoms. The van der Waals surface area contributed by atoms with Crippen LogP contribution in [-0.4, -0.2) is 28.4 Å². The van der Waals surface area contributed by atoms with E-state index in [1.807, 2.05) is 0 Å². The summed E-state index contributed by atoms with van der Waals surface area (Å²) < 4.78 is 87.8. The Kier molecular flexibility index (Phi) is 6.13. The van der Waals surface area contributed by atoms with Gasteiger partial charge in [-0.1, -0.05) is 30.3 Å². The lowest BCUT2D eigenvalue weighted by Gasteiger charge is -2.29. The number of alkyl halides is 3. The first-order valence-electron chi connectivity index (χ1n) is 7.63. The van der Waals surface area contributed by atoms with Gasteiger partial charge in [-0.2, -0.15) is 0 Å². The maximum atomic E-state index is 14.1. The summed E-state index contributed by atoms with van der Waals surface area (Å²) in [5.41, 5.74) is -1.30. The van der Waals surface area contributed by atoms with E-state index in [9.17, 15) is 26.0 Å². The highest BCUT2D eigenvalue weighted by Crippen LogP contribution is 2.31. The molecule has 1 unspecified atom stereocenters. The molecular weight excluding hydrogens is 390 g/mol. The Balaban J connectivity index is 2.31. The molecule has 0 heterocycles. The second kappa shape index (κ2) is 7.83. The molecule has 1 N–H and O–H groups in total. The predicted molar refractivity (Wildman–Crippen MR) is 89.1 cm³/mol. The van der Waals surface area contributed by atoms with Gasteiger partial charge in [-0.3, -0.25) is 0 Å². The highest BCUT2D eigenvalue weighted by molar-refractivity contribution is 7.89. The van der Waals surface area contributed by atoms with Gasteiger partial charge in [0.25, 0.3) is 0 Å². The largest absolute Gasteiger partial charge is 0.573 e. The third-order valence-electron chi connectivity index (χ3n) is 3.86. The van der Waals surface area contributed by atoms with Gasteiger partial charge in [0.1, 0.15) is 22.1 Å². The molecular formula is C17H17F4NO4S. The maximum absolute atomic E-state index is 14.1. The number of benzene rings is 2. The number of methoxy groups -OCH3 is 1. The fraction of sp³-hybridized carbons (Fsp3) is 0.294. The SMILES string of the molecule is COC(C)(CNS(=O)(=O)c1ccccc1OC(F)(F)F)c1ccccc1F. The maximum Gasteiger partial charge on any atom is 0.573 e. The van der Waals surface area contributed by atoms with Crippen LogP contribution in [0.2, 0.25) is 0 Å². The summed E-state index contributed by atoms with van der Waals surface area (Å²) in [6.07, 6.45) is -5.06. The second-order valence-electron chi connectivity index (χ2n) is 5.73. The predicted octanol–water partition coefficient (Wildman–Crippen LogP) is 3.56. The number of para-hydroxylation sites is 1. The van der Waals surface area contributed by atoms with E-state index >= 15 is 0 Å². The molecule has 0 aliphatic heterocycles. The Hall–Kier alpha value is -2.17. The van der Waals surface area contributed by atoms with Crippen LogP contribution in [0, 0.1) is 5.82 Å². The first kappa shape index (κ1) is 21.1. The Morgan fingerprint density at radius 3 is 2.22 bits per heavy atom. The van der Waals surface area contributed by atoms with Gasteiger partial charge in [-0.05, 0) is 25.1 Å². The normalized spacial score (nSPS) is 14.6. The van der Waals surface area contributed by atoms with Gasteiger partial charge in [-0.15, -0.1) is 13.2 Å². The van der Waals surface area contributed by atoms with Crippen LogP contribution in [0.15, 0.2) is 53.4 Å². The van der Waals surface area contributed by atoms with Gasteiger partial charge in [-0.25, -0.2) is 17.5 Å². The molecule has 0 saturated carbocycles. The van der Waals surface area contributed by atoms with Gasteiger partial charge in [0.2, 0.25) is 10.0 Å². The van der Waals surface area contributed by atoms with Crippen LogP contribution in [0.4, 0.5) is 17.6 Å². The zero-order valence-electron chi connectivity index (χ0n) is 14.4. The van der Waals surface area contributed by atoms with E-state index in [4.69, 9.17) is 4.74 Å². The molecule has 0 aromatic heterocycles. The summed E-state index contributed by atoms with van der Waals surface area (Å²) in [6, 6.07) is 9.94. The van der Waals surface area contributed by atoms with Gasteiger partial charge in [0.05, 0.1) is 0 Å². The molecule has 27 heavy (non-hydrogen) atoms. The van der Waals surface area contributed by atoms with E-state index in [0.29, 0.717) is 0 Å². The van der Waals surface area contributed by atoms with Crippen LogP contribution in [0.1, 0.15) is 12.5 Å². The number of nitrogens with one attached hydrogen (secondary N) is 1. The average molecular weight is 407 g/mol. The molecule has 1 atom stereocenters. The van der Waals surface area contributed by atoms with E-state index in [1.54, 1.807) is 6.07 Å². The second-order valence-corrected chi connectivity index (χ2v) is 7.47. The summed E-state index contributed by atoms with van der Waals surface area (Å²) >= 11 is 0. The van der Waals surface area contributed by atoms with E-state index in [0.717, 1.165) is 12.1 Å². The molecule has 2 rings (SSSR count). The van der Waals surface area contributed by atoms with E-state index < -0.39 is 45.0 Å². The van der Waals surface area contributed by atoms with Crippen molar-refractivity contribution in [2.24, 2.45) is 0 Å². The molecule has 0 spiro atoms. The highest BCUT2D eigenvalue weighted by atomic mass is 32.2. The molecule has 0 aliphatic carbocycles. The summed E-state index contributed by atoms with van der Waals surface area (Å²) in [6.45, 7) is 1.03. The molecule has 0 aliphatic rings. The summed E-state index contributed by atoms with van der Waals surface area (Å²) in [7, 11) is -3.14. The van der Waals surface area contributed by atoms with E-state index in [-0.39, 0.29) is 5.56 Å². The highest BCUT2D eigenvalue weighted by Gasteiger charge is 2.35. The molecule has 0 radical (unpaired) electrons. The zero-order chi connectivity index (χ0) is 20.3. The van der Waals surface area contributed by atoms with Crippen LogP contribution in [0.25, 0.3) is 0 Å². The number of ether oxygens (including phenoxy) is 2. The van der Waals surface area contributed by atoms with Crippen molar-refractivity contribution in [2.75, 3.05) is 13.7 Å². The number of hydrogen-bond acceptors (Lipinski definition) is 4. The monoisotopic (exact) mass is 407 g/mol. The lowest BCUT2D eigenvalue weighted by atomic mass is 9.95. The standard InChI is InChI=1S/C17H17F4NO4S/c1-16(25-2,12-7-3-4-8-13(12)18)11-22-27(23,24)15-10-6-5-9-14(15)26-17(19,20)21/h3-10,22H,11H2,1-2H3. The van der Waals surface area contributed by atoms with Crippen molar-refractivity contribution in [3.05, 3.63) is 59.9 Å². The Bertz CT molecular complexity index is 902. The van der Waals surface area contributed by atoms with Gasteiger partial charge < -0.3 is 9.47 Å². The third kappa shape index (κ3) is 5.18. The lowest BCUT2D eigenvalue weighted by molar-refractivity contribution is -0.275. The van der Waals surface area contributed by atoms with Crippen molar-refractivity contribution in [2.45, 2.75) is 23.8 Å². The number of sulfonamides is 1. The summed E-state index contributed by atoms with van der Waals surface area (Å²) in [4.78, 5) is -0.700. The molecule has 0 saturated heterocycles. The van der Waals surface area contributed by atoms with E-state index in [2.05, 4.69) is 9.46 Å². The minimum Gasteiger partial charge on any atom is -0.404 e. The van der Waals surface area contributed by atoms with Crippen LogP contribution in [0.5, 0.6) is 5.75 Å². The van der Waals surface area contributed by atoms with Gasteiger partial charge in [0, 0.05) is 19.2 Å². The summed E-state index contributed by atoms with van der Waals surface area (Å²) in [5, 5.41) is 0. The molecule has 0 fully saturated rings. The molecule has 2 aromatic carbocycles. The Morgan fingerprint density at radius 1 is 1.04 bits per heavy atom. The van der Waals surface area contributed by atoms with Crippen LogP contribution < -0.4 is 9.46 Å². The van der Waals surface area contributed by atoms with Crippen molar-refractivity contribution >= 4 is 10.0 Å². The minimum absolute atomic E-state index is 0.0926. The van der Waals surface area contributed by atoms with Crippen LogP contribution >= 0.6 is 0 Å². The molecule has 0 bridgehead atoms. The topological polar surface area (TPSA) is 64.6 Å². The molecule has 2 aromatic rings. The van der Waals surface area contributed by atoms with Gasteiger partial charge >= 0.3 is 6.36 Å². The first-order chi connectivity index (χ1) is 12.5. The van der Waals surface area contributed by atoms with Crippen molar-refractivity contribution in [1.82, 2.24) is 4.72 Å². The lowest BCUT2D eigenvalue weighted by Crippen LogP contribution is -2.40. The smallest absolute Gasteiger partial charge is 0.404 e. The number of rotatable bonds is 7. The van der Waals surface area contributed by atoms with Gasteiger partial charge in [0.15, 0.2) is 0 Å². The first-order valence-corrected chi connectivity index (χ1v) is 9.11. The fourth-order valence-corrected chi connectivity index (χ4v) is 3.61. The fourth-order valence-electron chi connectivity index (χ4n) is 2.36. The quantitative estimate of drug-likeness (QED) is 0.713. The van der Waals surface area contributed by atoms with Crippen molar-refractivity contribution in [3.63, 3.8) is 0 Å². The Labute approximate surface area is 154 Å². The van der Waals surface area contributed by atoms with Crippen molar-refractivity contribution < 1.29 is 35.5 Å². The average Bonchev–Trinajstić information content (AvgIpc) is 2.59. The zero-order valence-corrected chi connectivity index (χ0v) is 15.2. The minimum atomic E-state index is -5.06. The number of halogens is 4. The Morgan fingerprint density at radius 2 is 1.63 bits per heavy atom. The van der Waals surface area contributed by atoms with Crippen molar-refractivity contribution in [3.8, 4) is 5.75 Å². The molecule has 0 amide bonds. The van der Waals surface area contributed by atoms with Crippen LogP contribution in [-0.2, 0) is 20.4 Å². The van der Waals surface area contributed by atoms with Crippen molar-refractivity contribution in [1.29, 1.82) is 0 Å². The van der Waals surface area contributed by atoms with E-state index in [1.165, 1.54) is 44.4 Å².